The van der Waals surface area contributed by atoms with Crippen LogP contribution in [-0.4, -0.2) is 27.8 Å². The second-order valence-corrected chi connectivity index (χ2v) is 5.03. The van der Waals surface area contributed by atoms with Gasteiger partial charge in [0.25, 0.3) is 5.91 Å². The molecule has 0 radical (unpaired) electrons. The zero-order chi connectivity index (χ0) is 14.7. The van der Waals surface area contributed by atoms with E-state index in [0.717, 1.165) is 36.6 Å². The lowest BCUT2D eigenvalue weighted by atomic mass is 10.1. The molecule has 1 atom stereocenters. The Morgan fingerprint density at radius 2 is 2.19 bits per heavy atom. The highest BCUT2D eigenvalue weighted by molar-refractivity contribution is 5.82. The number of aromatic nitrogens is 3. The van der Waals surface area contributed by atoms with Gasteiger partial charge in [0.05, 0.1) is 6.54 Å². The van der Waals surface area contributed by atoms with Gasteiger partial charge < -0.3 is 14.6 Å². The first-order valence-electron chi connectivity index (χ1n) is 7.06. The van der Waals surface area contributed by atoms with Crippen molar-refractivity contribution >= 4 is 5.91 Å². The van der Waals surface area contributed by atoms with E-state index in [9.17, 15) is 4.79 Å². The molecule has 21 heavy (non-hydrogen) atoms. The predicted octanol–water partition coefficient (Wildman–Crippen LogP) is 1.23. The number of carbonyl (C=O) groups excluding carboxylic acids is 1. The molecule has 1 aromatic carbocycles. The summed E-state index contributed by atoms with van der Waals surface area (Å²) in [5, 5.41) is 11.1. The first-order chi connectivity index (χ1) is 10.3. The van der Waals surface area contributed by atoms with Gasteiger partial charge in [-0.05, 0) is 12.0 Å². The summed E-state index contributed by atoms with van der Waals surface area (Å²) in [6.45, 7) is 1.30. The molecule has 0 saturated carbocycles. The molecule has 2 aromatic rings. The van der Waals surface area contributed by atoms with Crippen molar-refractivity contribution in [3.8, 4) is 0 Å². The second-order valence-electron chi connectivity index (χ2n) is 5.03. The maximum Gasteiger partial charge on any atom is 0.254 e. The number of rotatable bonds is 5. The summed E-state index contributed by atoms with van der Waals surface area (Å²) < 4.78 is 7.38. The van der Waals surface area contributed by atoms with Crippen molar-refractivity contribution in [2.75, 3.05) is 7.11 Å². The number of aryl methyl sites for hydroxylation is 1. The lowest BCUT2D eigenvalue weighted by Crippen LogP contribution is -2.31. The van der Waals surface area contributed by atoms with Crippen molar-refractivity contribution in [2.45, 2.75) is 32.0 Å². The van der Waals surface area contributed by atoms with Gasteiger partial charge in [-0.15, -0.1) is 10.2 Å². The average molecular weight is 286 g/mol. The highest BCUT2D eigenvalue weighted by Crippen LogP contribution is 2.17. The maximum absolute atomic E-state index is 12.3. The van der Waals surface area contributed by atoms with E-state index in [-0.39, 0.29) is 5.91 Å². The van der Waals surface area contributed by atoms with E-state index in [1.165, 1.54) is 7.11 Å². The Morgan fingerprint density at radius 3 is 2.95 bits per heavy atom. The summed E-state index contributed by atoms with van der Waals surface area (Å²) in [4.78, 5) is 12.3. The third-order valence-electron chi connectivity index (χ3n) is 3.68. The Hall–Kier alpha value is -2.21. The van der Waals surface area contributed by atoms with Crippen LogP contribution in [0.2, 0.25) is 0 Å². The number of benzene rings is 1. The molecule has 0 aliphatic carbocycles. The SMILES string of the molecule is CO[C@@H](C(=O)NCc1nnc2n1CCC2)c1ccccc1. The second kappa shape index (κ2) is 6.05. The van der Waals surface area contributed by atoms with Crippen molar-refractivity contribution in [1.29, 1.82) is 0 Å². The van der Waals surface area contributed by atoms with Crippen molar-refractivity contribution in [1.82, 2.24) is 20.1 Å². The van der Waals surface area contributed by atoms with Gasteiger partial charge in [-0.2, -0.15) is 0 Å². The molecule has 0 spiro atoms. The molecule has 0 bridgehead atoms. The summed E-state index contributed by atoms with van der Waals surface area (Å²) in [6, 6.07) is 9.44. The molecular weight excluding hydrogens is 268 g/mol. The number of ether oxygens (including phenoxy) is 1. The molecule has 110 valence electrons. The Morgan fingerprint density at radius 1 is 1.38 bits per heavy atom. The van der Waals surface area contributed by atoms with Crippen LogP contribution in [0.1, 0.15) is 29.7 Å². The lowest BCUT2D eigenvalue weighted by molar-refractivity contribution is -0.131. The van der Waals surface area contributed by atoms with Gasteiger partial charge in [0.2, 0.25) is 0 Å². The lowest BCUT2D eigenvalue weighted by Gasteiger charge is -2.15. The minimum absolute atomic E-state index is 0.168. The fourth-order valence-corrected chi connectivity index (χ4v) is 2.62. The van der Waals surface area contributed by atoms with E-state index in [1.54, 1.807) is 0 Å². The zero-order valence-corrected chi connectivity index (χ0v) is 12.0. The van der Waals surface area contributed by atoms with Crippen LogP contribution in [0.4, 0.5) is 0 Å². The molecule has 0 saturated heterocycles. The van der Waals surface area contributed by atoms with Gasteiger partial charge in [-0.3, -0.25) is 4.79 Å². The summed E-state index contributed by atoms with van der Waals surface area (Å²) >= 11 is 0. The number of hydrogen-bond donors (Lipinski definition) is 1. The van der Waals surface area contributed by atoms with Crippen molar-refractivity contribution in [3.63, 3.8) is 0 Å². The van der Waals surface area contributed by atoms with Crippen molar-refractivity contribution < 1.29 is 9.53 Å². The third-order valence-corrected chi connectivity index (χ3v) is 3.68. The Kier molecular flexibility index (Phi) is 3.96. The number of fused-ring (bicyclic) bond motifs is 1. The molecule has 3 rings (SSSR count). The largest absolute Gasteiger partial charge is 0.367 e. The topological polar surface area (TPSA) is 69.0 Å². The normalized spacial score (nSPS) is 14.7. The van der Waals surface area contributed by atoms with Crippen molar-refractivity contribution in [2.24, 2.45) is 0 Å². The van der Waals surface area contributed by atoms with E-state index in [4.69, 9.17) is 4.74 Å². The quantitative estimate of drug-likeness (QED) is 0.897. The van der Waals surface area contributed by atoms with E-state index in [0.29, 0.717) is 6.54 Å². The monoisotopic (exact) mass is 286 g/mol. The number of amides is 1. The van der Waals surface area contributed by atoms with E-state index >= 15 is 0 Å². The van der Waals surface area contributed by atoms with Crippen LogP contribution in [0.15, 0.2) is 30.3 Å². The smallest absolute Gasteiger partial charge is 0.254 e. The first kappa shape index (κ1) is 13.8. The van der Waals surface area contributed by atoms with E-state index in [2.05, 4.69) is 20.1 Å². The molecule has 2 heterocycles. The minimum atomic E-state index is -0.604. The molecule has 1 aliphatic heterocycles. The average Bonchev–Trinajstić information content (AvgIpc) is 3.10. The fraction of sp³-hybridized carbons (Fsp3) is 0.400. The molecule has 0 fully saturated rings. The van der Waals surface area contributed by atoms with Gasteiger partial charge in [-0.1, -0.05) is 30.3 Å². The zero-order valence-electron chi connectivity index (χ0n) is 12.0. The number of nitrogens with one attached hydrogen (secondary N) is 1. The van der Waals surface area contributed by atoms with E-state index < -0.39 is 6.10 Å². The molecule has 1 amide bonds. The van der Waals surface area contributed by atoms with Crippen LogP contribution in [0.3, 0.4) is 0 Å². The van der Waals surface area contributed by atoms with Crippen LogP contribution in [-0.2, 0) is 29.0 Å². The fourth-order valence-electron chi connectivity index (χ4n) is 2.62. The third kappa shape index (κ3) is 2.80. The summed E-state index contributed by atoms with van der Waals surface area (Å²) in [5.41, 5.74) is 0.837. The van der Waals surface area contributed by atoms with Gasteiger partial charge >= 0.3 is 0 Å². The van der Waals surface area contributed by atoms with Crippen LogP contribution in [0, 0.1) is 0 Å². The molecule has 0 unspecified atom stereocenters. The predicted molar refractivity (Wildman–Crippen MR) is 76.4 cm³/mol. The van der Waals surface area contributed by atoms with Gasteiger partial charge in [0.1, 0.15) is 5.82 Å². The van der Waals surface area contributed by atoms with E-state index in [1.807, 2.05) is 30.3 Å². The highest BCUT2D eigenvalue weighted by Gasteiger charge is 2.21. The first-order valence-corrected chi connectivity index (χ1v) is 7.06. The number of hydrogen-bond acceptors (Lipinski definition) is 4. The van der Waals surface area contributed by atoms with Gasteiger partial charge in [0.15, 0.2) is 11.9 Å². The summed E-state index contributed by atoms with van der Waals surface area (Å²) in [7, 11) is 1.53. The molecule has 1 N–H and O–H groups in total. The Bertz CT molecular complexity index is 624. The molecule has 1 aliphatic rings. The van der Waals surface area contributed by atoms with Crippen LogP contribution < -0.4 is 5.32 Å². The van der Waals surface area contributed by atoms with Gasteiger partial charge in [0, 0.05) is 20.1 Å². The Labute approximate surface area is 123 Å². The van der Waals surface area contributed by atoms with Crippen molar-refractivity contribution in [3.05, 3.63) is 47.5 Å². The minimum Gasteiger partial charge on any atom is -0.367 e. The molecule has 6 nitrogen and oxygen atoms in total. The van der Waals surface area contributed by atoms with Crippen LogP contribution in [0.5, 0.6) is 0 Å². The number of carbonyl (C=O) groups is 1. The highest BCUT2D eigenvalue weighted by atomic mass is 16.5. The van der Waals surface area contributed by atoms with Crippen LogP contribution >= 0.6 is 0 Å². The summed E-state index contributed by atoms with van der Waals surface area (Å²) in [6.07, 6.45) is 1.45. The standard InChI is InChI=1S/C15H18N4O2/c1-21-14(11-6-3-2-4-7-11)15(20)16-10-13-18-17-12-8-5-9-19(12)13/h2-4,6-7,14H,5,8-10H2,1H3,(H,16,20)/t14-/m1/s1. The Balaban J connectivity index is 1.65. The maximum atomic E-state index is 12.3. The number of methoxy groups -OCH3 is 1. The van der Waals surface area contributed by atoms with Gasteiger partial charge in [-0.25, -0.2) is 0 Å². The molecule has 1 aromatic heterocycles. The molecular formula is C15H18N4O2. The van der Waals surface area contributed by atoms with Crippen LogP contribution in [0.25, 0.3) is 0 Å². The number of nitrogens with zero attached hydrogens (tertiary/aromatic N) is 3. The summed E-state index contributed by atoms with van der Waals surface area (Å²) in [5.74, 6) is 1.64. The molecule has 6 heteroatoms.